The summed E-state index contributed by atoms with van der Waals surface area (Å²) in [5, 5.41) is 3.65. The third-order valence-electron chi connectivity index (χ3n) is 3.86. The van der Waals surface area contributed by atoms with Crippen LogP contribution in [0.3, 0.4) is 0 Å². The van der Waals surface area contributed by atoms with Crippen molar-refractivity contribution >= 4 is 15.9 Å². The van der Waals surface area contributed by atoms with E-state index in [2.05, 4.69) is 53.3 Å². The fraction of sp³-hybridized carbons (Fsp3) is 0.600. The summed E-state index contributed by atoms with van der Waals surface area (Å²) in [6, 6.07) is 7.15. The Morgan fingerprint density at radius 2 is 2.18 bits per heavy atom. The van der Waals surface area contributed by atoms with Gasteiger partial charge in [-0.25, -0.2) is 0 Å². The molecule has 1 nitrogen and oxygen atoms in total. The molecule has 1 N–H and O–H groups in total. The predicted octanol–water partition coefficient (Wildman–Crippen LogP) is 4.60. The topological polar surface area (TPSA) is 12.0 Å². The molecule has 1 atom stereocenters. The molecule has 0 aliphatic heterocycles. The molecule has 1 aliphatic carbocycles. The second-order valence-corrected chi connectivity index (χ2v) is 6.06. The van der Waals surface area contributed by atoms with E-state index in [9.17, 15) is 0 Å². The van der Waals surface area contributed by atoms with Crippen LogP contribution in [0, 0.1) is 12.8 Å². The molecule has 1 aliphatic rings. The maximum Gasteiger partial charge on any atom is 0.0325 e. The molecule has 0 bridgehead atoms. The molecule has 0 spiro atoms. The summed E-state index contributed by atoms with van der Waals surface area (Å²) in [4.78, 5) is 0. The van der Waals surface area contributed by atoms with Crippen molar-refractivity contribution in [3.05, 3.63) is 33.8 Å². The van der Waals surface area contributed by atoms with Gasteiger partial charge < -0.3 is 5.32 Å². The highest BCUT2D eigenvalue weighted by atomic mass is 79.9. The average molecular weight is 296 g/mol. The molecular weight excluding hydrogens is 274 g/mol. The van der Waals surface area contributed by atoms with Crippen molar-refractivity contribution in [1.82, 2.24) is 5.32 Å². The minimum Gasteiger partial charge on any atom is -0.310 e. The van der Waals surface area contributed by atoms with Crippen LogP contribution in [-0.2, 0) is 0 Å². The van der Waals surface area contributed by atoms with Crippen molar-refractivity contribution in [3.8, 4) is 0 Å². The van der Waals surface area contributed by atoms with Gasteiger partial charge in [0.25, 0.3) is 0 Å². The summed E-state index contributed by atoms with van der Waals surface area (Å²) in [7, 11) is 0. The van der Waals surface area contributed by atoms with E-state index < -0.39 is 0 Å². The van der Waals surface area contributed by atoms with Gasteiger partial charge in [0.15, 0.2) is 0 Å². The summed E-state index contributed by atoms with van der Waals surface area (Å²) >= 11 is 3.59. The normalized spacial score (nSPS) is 17.8. The second kappa shape index (κ2) is 6.01. The number of nitrogens with one attached hydrogen (secondary N) is 1. The minimum atomic E-state index is 0.530. The quantitative estimate of drug-likeness (QED) is 0.837. The van der Waals surface area contributed by atoms with Crippen LogP contribution < -0.4 is 5.32 Å². The Morgan fingerprint density at radius 1 is 1.41 bits per heavy atom. The fourth-order valence-electron chi connectivity index (χ4n) is 2.62. The number of benzene rings is 1. The van der Waals surface area contributed by atoms with Crippen molar-refractivity contribution in [2.75, 3.05) is 6.54 Å². The Hall–Kier alpha value is -0.340. The van der Waals surface area contributed by atoms with Crippen LogP contribution in [0.2, 0.25) is 0 Å². The zero-order valence-corrected chi connectivity index (χ0v) is 12.4. The summed E-state index contributed by atoms with van der Waals surface area (Å²) in [6.07, 6.45) is 5.58. The number of hydrogen-bond acceptors (Lipinski definition) is 1. The van der Waals surface area contributed by atoms with Gasteiger partial charge in [0.05, 0.1) is 0 Å². The maximum absolute atomic E-state index is 3.65. The molecule has 2 rings (SSSR count). The zero-order valence-electron chi connectivity index (χ0n) is 10.8. The van der Waals surface area contributed by atoms with Crippen LogP contribution in [0.4, 0.5) is 0 Å². The third-order valence-corrected chi connectivity index (χ3v) is 4.35. The van der Waals surface area contributed by atoms with Gasteiger partial charge in [-0.3, -0.25) is 0 Å². The first kappa shape index (κ1) is 13.1. The van der Waals surface area contributed by atoms with Crippen LogP contribution in [0.25, 0.3) is 0 Å². The SMILES string of the molecule is CCNC(CC1CCC1)c1cc(Br)ccc1C. The van der Waals surface area contributed by atoms with Gasteiger partial charge in [-0.15, -0.1) is 0 Å². The zero-order chi connectivity index (χ0) is 12.3. The molecule has 0 amide bonds. The maximum atomic E-state index is 3.65. The van der Waals surface area contributed by atoms with Crippen molar-refractivity contribution in [3.63, 3.8) is 0 Å². The lowest BCUT2D eigenvalue weighted by atomic mass is 9.79. The van der Waals surface area contributed by atoms with E-state index in [1.807, 2.05) is 0 Å². The van der Waals surface area contributed by atoms with Gasteiger partial charge in [0.2, 0.25) is 0 Å². The summed E-state index contributed by atoms with van der Waals surface area (Å²) in [5.74, 6) is 0.942. The summed E-state index contributed by atoms with van der Waals surface area (Å²) in [6.45, 7) is 5.46. The molecule has 0 aromatic heterocycles. The van der Waals surface area contributed by atoms with Crippen molar-refractivity contribution in [1.29, 1.82) is 0 Å². The lowest BCUT2D eigenvalue weighted by molar-refractivity contribution is 0.262. The minimum absolute atomic E-state index is 0.530. The molecule has 1 fully saturated rings. The van der Waals surface area contributed by atoms with E-state index in [1.165, 1.54) is 41.3 Å². The number of halogens is 1. The molecule has 0 radical (unpaired) electrons. The molecule has 1 saturated carbocycles. The van der Waals surface area contributed by atoms with Crippen LogP contribution in [0.15, 0.2) is 22.7 Å². The Labute approximate surface area is 113 Å². The standard InChI is InChI=1S/C15H22BrN/c1-3-17-15(9-12-5-4-6-12)14-10-13(16)8-7-11(14)2/h7-8,10,12,15,17H,3-6,9H2,1-2H3. The van der Waals surface area contributed by atoms with E-state index in [1.54, 1.807) is 0 Å². The van der Waals surface area contributed by atoms with Crippen LogP contribution in [0.1, 0.15) is 49.8 Å². The van der Waals surface area contributed by atoms with Gasteiger partial charge in [-0.05, 0) is 49.1 Å². The molecule has 94 valence electrons. The van der Waals surface area contributed by atoms with Gasteiger partial charge in [-0.2, -0.15) is 0 Å². The Morgan fingerprint density at radius 3 is 2.76 bits per heavy atom. The molecular formula is C15H22BrN. The van der Waals surface area contributed by atoms with E-state index in [-0.39, 0.29) is 0 Å². The molecule has 1 unspecified atom stereocenters. The van der Waals surface area contributed by atoms with Gasteiger partial charge >= 0.3 is 0 Å². The molecule has 0 heterocycles. The lowest BCUT2D eigenvalue weighted by Gasteiger charge is -2.31. The van der Waals surface area contributed by atoms with Gasteiger partial charge in [0.1, 0.15) is 0 Å². The monoisotopic (exact) mass is 295 g/mol. The first-order valence-corrected chi connectivity index (χ1v) is 7.49. The fourth-order valence-corrected chi connectivity index (χ4v) is 2.99. The van der Waals surface area contributed by atoms with E-state index in [0.717, 1.165) is 12.5 Å². The van der Waals surface area contributed by atoms with Crippen LogP contribution >= 0.6 is 15.9 Å². The molecule has 17 heavy (non-hydrogen) atoms. The molecule has 1 aromatic carbocycles. The number of rotatable bonds is 5. The average Bonchev–Trinajstić information content (AvgIpc) is 2.25. The highest BCUT2D eigenvalue weighted by Crippen LogP contribution is 2.36. The van der Waals surface area contributed by atoms with E-state index in [4.69, 9.17) is 0 Å². The van der Waals surface area contributed by atoms with E-state index in [0.29, 0.717) is 6.04 Å². The van der Waals surface area contributed by atoms with Gasteiger partial charge in [0, 0.05) is 10.5 Å². The third kappa shape index (κ3) is 3.32. The summed E-state index contributed by atoms with van der Waals surface area (Å²) < 4.78 is 1.19. The first-order valence-electron chi connectivity index (χ1n) is 6.70. The summed E-state index contributed by atoms with van der Waals surface area (Å²) in [5.41, 5.74) is 2.87. The lowest BCUT2D eigenvalue weighted by Crippen LogP contribution is -2.26. The Kier molecular flexibility index (Phi) is 4.63. The highest BCUT2D eigenvalue weighted by molar-refractivity contribution is 9.10. The first-order chi connectivity index (χ1) is 8.20. The number of aryl methyl sites for hydroxylation is 1. The Bertz CT molecular complexity index is 371. The van der Waals surface area contributed by atoms with Crippen LogP contribution in [-0.4, -0.2) is 6.54 Å². The van der Waals surface area contributed by atoms with Crippen molar-refractivity contribution in [2.24, 2.45) is 5.92 Å². The molecule has 1 aromatic rings. The van der Waals surface area contributed by atoms with E-state index >= 15 is 0 Å². The van der Waals surface area contributed by atoms with Crippen molar-refractivity contribution in [2.45, 2.75) is 45.6 Å². The molecule has 2 heteroatoms. The Balaban J connectivity index is 2.14. The smallest absolute Gasteiger partial charge is 0.0325 e. The predicted molar refractivity (Wildman–Crippen MR) is 77.3 cm³/mol. The van der Waals surface area contributed by atoms with Crippen molar-refractivity contribution < 1.29 is 0 Å². The van der Waals surface area contributed by atoms with Gasteiger partial charge in [-0.1, -0.05) is 48.2 Å². The van der Waals surface area contributed by atoms with Crippen LogP contribution in [0.5, 0.6) is 0 Å². The second-order valence-electron chi connectivity index (χ2n) is 5.14. The number of hydrogen-bond donors (Lipinski definition) is 1. The molecule has 0 saturated heterocycles. The largest absolute Gasteiger partial charge is 0.310 e. The highest BCUT2D eigenvalue weighted by Gasteiger charge is 2.23.